The minimum absolute atomic E-state index is 0.188. The molecule has 1 heterocycles. The Hall–Kier alpha value is -5.23. The van der Waals surface area contributed by atoms with Crippen molar-refractivity contribution < 1.29 is 24.2 Å². The van der Waals surface area contributed by atoms with Crippen LogP contribution in [0.2, 0.25) is 0 Å². The largest absolute Gasteiger partial charge is 0.489 e. The molecule has 0 bridgehead atoms. The summed E-state index contributed by atoms with van der Waals surface area (Å²) in [5, 5.41) is 9.55. The van der Waals surface area contributed by atoms with Crippen molar-refractivity contribution in [2.45, 2.75) is 20.5 Å². The number of carboxylic acid groups (broad SMARTS) is 1. The van der Waals surface area contributed by atoms with E-state index in [1.807, 2.05) is 80.6 Å². The van der Waals surface area contributed by atoms with E-state index in [2.05, 4.69) is 4.98 Å². The van der Waals surface area contributed by atoms with Gasteiger partial charge in [0.15, 0.2) is 5.78 Å². The van der Waals surface area contributed by atoms with Gasteiger partial charge < -0.3 is 14.6 Å². The van der Waals surface area contributed by atoms with Crippen LogP contribution in [0.4, 0.5) is 0 Å². The molecule has 0 saturated heterocycles. The summed E-state index contributed by atoms with van der Waals surface area (Å²) < 4.78 is 12.3. The Morgan fingerprint density at radius 3 is 2.33 bits per heavy atom. The molecule has 1 N–H and O–H groups in total. The first-order valence-corrected chi connectivity index (χ1v) is 12.8. The van der Waals surface area contributed by atoms with Gasteiger partial charge in [-0.2, -0.15) is 0 Å². The van der Waals surface area contributed by atoms with Crippen LogP contribution < -0.4 is 9.47 Å². The van der Waals surface area contributed by atoms with E-state index < -0.39 is 5.97 Å². The van der Waals surface area contributed by atoms with Gasteiger partial charge in [0.2, 0.25) is 0 Å². The lowest BCUT2D eigenvalue weighted by Gasteiger charge is -2.15. The number of nitrogens with zero attached hydrogens (tertiary/aromatic N) is 1. The monoisotopic (exact) mass is 529 g/mol. The number of hydrogen-bond acceptors (Lipinski definition) is 5. The summed E-state index contributed by atoms with van der Waals surface area (Å²) in [6.45, 7) is 4.32. The van der Waals surface area contributed by atoms with E-state index in [0.29, 0.717) is 51.4 Å². The average molecular weight is 530 g/mol. The number of carboxylic acids is 1. The van der Waals surface area contributed by atoms with Crippen molar-refractivity contribution in [3.05, 3.63) is 137 Å². The quantitative estimate of drug-likeness (QED) is 0.157. The van der Waals surface area contributed by atoms with Gasteiger partial charge in [0.25, 0.3) is 0 Å². The lowest BCUT2D eigenvalue weighted by atomic mass is 9.97. The van der Waals surface area contributed by atoms with Crippen LogP contribution in [0.25, 0.3) is 17.0 Å². The zero-order valence-corrected chi connectivity index (χ0v) is 22.1. The lowest BCUT2D eigenvalue weighted by Crippen LogP contribution is -2.07. The van der Waals surface area contributed by atoms with Gasteiger partial charge in [0, 0.05) is 29.3 Å². The summed E-state index contributed by atoms with van der Waals surface area (Å²) in [4.78, 5) is 29.2. The summed E-state index contributed by atoms with van der Waals surface area (Å²) in [6, 6.07) is 28.1. The van der Waals surface area contributed by atoms with E-state index in [9.17, 15) is 9.59 Å². The van der Waals surface area contributed by atoms with Crippen molar-refractivity contribution in [2.24, 2.45) is 0 Å². The van der Waals surface area contributed by atoms with Crippen LogP contribution in [0.3, 0.4) is 0 Å². The van der Waals surface area contributed by atoms with Crippen molar-refractivity contribution in [1.82, 2.24) is 4.98 Å². The predicted molar refractivity (Wildman–Crippen MR) is 155 cm³/mol. The van der Waals surface area contributed by atoms with E-state index >= 15 is 0 Å². The molecule has 0 unspecified atom stereocenters. The van der Waals surface area contributed by atoms with Crippen molar-refractivity contribution >= 4 is 28.7 Å². The molecular weight excluding hydrogens is 502 g/mol. The van der Waals surface area contributed by atoms with Crippen LogP contribution >= 0.6 is 0 Å². The second kappa shape index (κ2) is 11.7. The number of hydrogen-bond donors (Lipinski definition) is 1. The van der Waals surface area contributed by atoms with Gasteiger partial charge in [0.05, 0.1) is 11.1 Å². The third-order valence-electron chi connectivity index (χ3n) is 6.43. The zero-order chi connectivity index (χ0) is 28.1. The van der Waals surface area contributed by atoms with Crippen LogP contribution in [-0.4, -0.2) is 21.8 Å². The standard InChI is InChI=1S/C34H27NO5/c1-22-8-15-28(23(2)18-22)33(38)30-20-35-31-19-27(39-21-25-6-4-3-5-7-25)14-16-29(31)34(30)40-26-12-9-24(10-13-26)11-17-32(36)37/h3-20H,21H2,1-2H3,(H,36,37)/b17-11+. The van der Waals surface area contributed by atoms with E-state index in [1.165, 1.54) is 6.08 Å². The molecule has 40 heavy (non-hydrogen) atoms. The number of aliphatic carboxylic acids is 1. The Labute approximate surface area is 232 Å². The van der Waals surface area contributed by atoms with Crippen LogP contribution in [0, 0.1) is 13.8 Å². The number of aromatic nitrogens is 1. The summed E-state index contributed by atoms with van der Waals surface area (Å²) in [7, 11) is 0. The van der Waals surface area contributed by atoms with Gasteiger partial charge in [0.1, 0.15) is 23.9 Å². The van der Waals surface area contributed by atoms with Crippen LogP contribution in [0.15, 0.2) is 103 Å². The molecule has 0 saturated carbocycles. The molecule has 0 fully saturated rings. The molecule has 198 valence electrons. The van der Waals surface area contributed by atoms with Crippen molar-refractivity contribution in [1.29, 1.82) is 0 Å². The summed E-state index contributed by atoms with van der Waals surface area (Å²) in [5.41, 5.74) is 5.24. The number of carbonyl (C=O) groups is 2. The molecule has 6 heteroatoms. The predicted octanol–water partition coefficient (Wildman–Crippen LogP) is 7.55. The number of rotatable bonds is 9. The molecule has 0 aliphatic carbocycles. The average Bonchev–Trinajstić information content (AvgIpc) is 2.96. The van der Waals surface area contributed by atoms with E-state index in [4.69, 9.17) is 14.6 Å². The van der Waals surface area contributed by atoms with Crippen molar-refractivity contribution in [3.63, 3.8) is 0 Å². The lowest BCUT2D eigenvalue weighted by molar-refractivity contribution is -0.131. The molecule has 5 rings (SSSR count). The van der Waals surface area contributed by atoms with Crippen molar-refractivity contribution in [3.8, 4) is 17.2 Å². The maximum Gasteiger partial charge on any atom is 0.328 e. The van der Waals surface area contributed by atoms with Crippen LogP contribution in [0.5, 0.6) is 17.2 Å². The van der Waals surface area contributed by atoms with E-state index in [0.717, 1.165) is 22.8 Å². The Kier molecular flexibility index (Phi) is 7.69. The number of fused-ring (bicyclic) bond motifs is 1. The van der Waals surface area contributed by atoms with Crippen molar-refractivity contribution in [2.75, 3.05) is 0 Å². The molecule has 1 aromatic heterocycles. The molecule has 0 spiro atoms. The molecule has 0 atom stereocenters. The molecule has 0 aliphatic heterocycles. The number of carbonyl (C=O) groups excluding carboxylic acids is 1. The Bertz CT molecular complexity index is 1720. The second-order valence-corrected chi connectivity index (χ2v) is 9.44. The number of aryl methyl sites for hydroxylation is 2. The molecule has 0 radical (unpaired) electrons. The first kappa shape index (κ1) is 26.4. The highest BCUT2D eigenvalue weighted by atomic mass is 16.5. The van der Waals surface area contributed by atoms with Crippen LogP contribution in [0.1, 0.15) is 38.2 Å². The molecule has 4 aromatic carbocycles. The normalized spacial score (nSPS) is 11.1. The first-order valence-electron chi connectivity index (χ1n) is 12.8. The maximum atomic E-state index is 13.8. The smallest absolute Gasteiger partial charge is 0.328 e. The highest BCUT2D eigenvalue weighted by Crippen LogP contribution is 2.36. The summed E-state index contributed by atoms with van der Waals surface area (Å²) in [6.07, 6.45) is 4.12. The number of ether oxygens (including phenoxy) is 2. The minimum atomic E-state index is -1.02. The third-order valence-corrected chi connectivity index (χ3v) is 6.43. The van der Waals surface area contributed by atoms with Gasteiger partial charge in [-0.25, -0.2) is 4.79 Å². The maximum absolute atomic E-state index is 13.8. The highest BCUT2D eigenvalue weighted by Gasteiger charge is 2.21. The minimum Gasteiger partial charge on any atom is -0.489 e. The van der Waals surface area contributed by atoms with Gasteiger partial charge in [-0.3, -0.25) is 9.78 Å². The first-order chi connectivity index (χ1) is 19.4. The van der Waals surface area contributed by atoms with Gasteiger partial charge in [-0.1, -0.05) is 66.2 Å². The molecule has 0 aliphatic rings. The van der Waals surface area contributed by atoms with E-state index in [1.54, 1.807) is 30.5 Å². The fourth-order valence-corrected chi connectivity index (χ4v) is 4.40. The number of ketones is 1. The molecule has 5 aromatic rings. The summed E-state index contributed by atoms with van der Waals surface area (Å²) >= 11 is 0. The van der Waals surface area contributed by atoms with Gasteiger partial charge >= 0.3 is 5.97 Å². The zero-order valence-electron chi connectivity index (χ0n) is 22.1. The Balaban J connectivity index is 1.53. The van der Waals surface area contributed by atoms with Gasteiger partial charge in [-0.05, 0) is 60.9 Å². The number of benzene rings is 4. The Morgan fingerprint density at radius 1 is 0.850 bits per heavy atom. The topological polar surface area (TPSA) is 85.7 Å². The molecule has 6 nitrogen and oxygen atoms in total. The SMILES string of the molecule is Cc1ccc(C(=O)c2cnc3cc(OCc4ccccc4)ccc3c2Oc2ccc(/C=C/C(=O)O)cc2)c(C)c1. The fraction of sp³-hybridized carbons (Fsp3) is 0.0882. The molecular formula is C34H27NO5. The van der Waals surface area contributed by atoms with E-state index in [-0.39, 0.29) is 5.78 Å². The Morgan fingerprint density at radius 2 is 1.60 bits per heavy atom. The molecule has 0 amide bonds. The fourth-order valence-electron chi connectivity index (χ4n) is 4.40. The highest BCUT2D eigenvalue weighted by molar-refractivity contribution is 6.14. The third kappa shape index (κ3) is 6.08. The second-order valence-electron chi connectivity index (χ2n) is 9.44. The summed E-state index contributed by atoms with van der Waals surface area (Å²) in [5.74, 6) is 0.327. The number of pyridine rings is 1. The van der Waals surface area contributed by atoms with Crippen LogP contribution in [-0.2, 0) is 11.4 Å². The van der Waals surface area contributed by atoms with Gasteiger partial charge in [-0.15, -0.1) is 0 Å².